The third-order valence-electron chi connectivity index (χ3n) is 4.06. The minimum atomic E-state index is -0.187. The molecule has 25 heavy (non-hydrogen) atoms. The largest absolute Gasteiger partial charge is 0.319 e. The second kappa shape index (κ2) is 7.11. The van der Waals surface area contributed by atoms with Crippen LogP contribution in [-0.2, 0) is 13.1 Å². The number of halogens is 1. The van der Waals surface area contributed by atoms with E-state index in [1.165, 1.54) is 0 Å². The predicted molar refractivity (Wildman–Crippen MR) is 98.1 cm³/mol. The van der Waals surface area contributed by atoms with E-state index in [0.29, 0.717) is 17.1 Å². The Balaban J connectivity index is 1.80. The lowest BCUT2D eigenvalue weighted by molar-refractivity contribution is 0.102. The number of benzene rings is 1. The molecule has 1 N–H and O–H groups in total. The highest BCUT2D eigenvalue weighted by Gasteiger charge is 2.16. The van der Waals surface area contributed by atoms with E-state index in [-0.39, 0.29) is 5.91 Å². The van der Waals surface area contributed by atoms with Gasteiger partial charge < -0.3 is 5.32 Å². The van der Waals surface area contributed by atoms with Gasteiger partial charge in [-0.2, -0.15) is 10.2 Å². The molecule has 0 saturated heterocycles. The average Bonchev–Trinajstić information content (AvgIpc) is 3.16. The van der Waals surface area contributed by atoms with Crippen molar-refractivity contribution >= 4 is 23.2 Å². The number of hydrogen-bond acceptors (Lipinski definition) is 3. The topological polar surface area (TPSA) is 64.7 Å². The second-order valence-corrected chi connectivity index (χ2v) is 6.31. The van der Waals surface area contributed by atoms with E-state index in [0.717, 1.165) is 29.2 Å². The van der Waals surface area contributed by atoms with Gasteiger partial charge in [-0.25, -0.2) is 0 Å². The molecule has 2 aromatic heterocycles. The molecule has 0 fully saturated rings. The molecule has 0 radical (unpaired) electrons. The Morgan fingerprint density at radius 1 is 1.32 bits per heavy atom. The zero-order chi connectivity index (χ0) is 18.0. The zero-order valence-electron chi connectivity index (χ0n) is 14.5. The van der Waals surface area contributed by atoms with Crippen LogP contribution < -0.4 is 5.32 Å². The van der Waals surface area contributed by atoms with E-state index in [1.54, 1.807) is 17.1 Å². The van der Waals surface area contributed by atoms with Crippen molar-refractivity contribution in [3.05, 3.63) is 64.2 Å². The lowest BCUT2D eigenvalue weighted by Gasteiger charge is -2.07. The maximum absolute atomic E-state index is 12.4. The van der Waals surface area contributed by atoms with Gasteiger partial charge in [0.15, 0.2) is 0 Å². The molecule has 130 valence electrons. The third-order valence-corrected chi connectivity index (χ3v) is 4.30. The number of aromatic nitrogens is 4. The minimum absolute atomic E-state index is 0.187. The number of hydrogen-bond donors (Lipinski definition) is 1. The van der Waals surface area contributed by atoms with Gasteiger partial charge in [0.05, 0.1) is 35.4 Å². The summed E-state index contributed by atoms with van der Waals surface area (Å²) in [7, 11) is 0. The molecule has 0 bridgehead atoms. The molecular formula is C18H20ClN5O. The monoisotopic (exact) mass is 357 g/mol. The maximum atomic E-state index is 12.4. The standard InChI is InChI=1S/C18H20ClN5O/c1-4-23-11-15(9-20-23)18(25)21-17-12(2)22-24(13(17)3)10-14-6-5-7-16(19)8-14/h5-9,11H,4,10H2,1-3H3,(H,21,25). The van der Waals surface area contributed by atoms with Crippen LogP contribution in [0.2, 0.25) is 5.02 Å². The van der Waals surface area contributed by atoms with Gasteiger partial charge in [-0.05, 0) is 38.5 Å². The van der Waals surface area contributed by atoms with Crippen LogP contribution >= 0.6 is 11.6 Å². The summed E-state index contributed by atoms with van der Waals surface area (Å²) in [5, 5.41) is 12.3. The summed E-state index contributed by atoms with van der Waals surface area (Å²) in [6, 6.07) is 7.67. The van der Waals surface area contributed by atoms with Crippen molar-refractivity contribution in [3.8, 4) is 0 Å². The molecular weight excluding hydrogens is 338 g/mol. The highest BCUT2D eigenvalue weighted by atomic mass is 35.5. The van der Waals surface area contributed by atoms with Crippen molar-refractivity contribution < 1.29 is 4.79 Å². The summed E-state index contributed by atoms with van der Waals surface area (Å²) in [4.78, 5) is 12.4. The highest BCUT2D eigenvalue weighted by molar-refractivity contribution is 6.30. The van der Waals surface area contributed by atoms with Crippen LogP contribution in [0.4, 0.5) is 5.69 Å². The number of nitrogens with one attached hydrogen (secondary N) is 1. The van der Waals surface area contributed by atoms with Crippen molar-refractivity contribution in [2.24, 2.45) is 0 Å². The van der Waals surface area contributed by atoms with Crippen LogP contribution in [-0.4, -0.2) is 25.5 Å². The quantitative estimate of drug-likeness (QED) is 0.757. The van der Waals surface area contributed by atoms with Gasteiger partial charge in [-0.1, -0.05) is 23.7 Å². The Morgan fingerprint density at radius 3 is 2.80 bits per heavy atom. The summed E-state index contributed by atoms with van der Waals surface area (Å²) < 4.78 is 3.59. The maximum Gasteiger partial charge on any atom is 0.258 e. The summed E-state index contributed by atoms with van der Waals surface area (Å²) in [6.07, 6.45) is 3.30. The number of rotatable bonds is 5. The first-order valence-corrected chi connectivity index (χ1v) is 8.48. The van der Waals surface area contributed by atoms with Gasteiger partial charge in [0, 0.05) is 17.8 Å². The first-order valence-electron chi connectivity index (χ1n) is 8.10. The first-order chi connectivity index (χ1) is 12.0. The molecule has 1 amide bonds. The van der Waals surface area contributed by atoms with Gasteiger partial charge in [0.2, 0.25) is 0 Å². The van der Waals surface area contributed by atoms with E-state index < -0.39 is 0 Å². The second-order valence-electron chi connectivity index (χ2n) is 5.87. The van der Waals surface area contributed by atoms with Gasteiger partial charge in [0.1, 0.15) is 0 Å². The van der Waals surface area contributed by atoms with Crippen molar-refractivity contribution in [2.75, 3.05) is 5.32 Å². The van der Waals surface area contributed by atoms with Crippen molar-refractivity contribution in [3.63, 3.8) is 0 Å². The number of aryl methyl sites for hydroxylation is 2. The predicted octanol–water partition coefficient (Wildman–Crippen LogP) is 3.67. The molecule has 3 rings (SSSR count). The summed E-state index contributed by atoms with van der Waals surface area (Å²) in [5.74, 6) is -0.187. The van der Waals surface area contributed by atoms with Crippen molar-refractivity contribution in [1.82, 2.24) is 19.6 Å². The fourth-order valence-corrected chi connectivity index (χ4v) is 2.89. The zero-order valence-corrected chi connectivity index (χ0v) is 15.2. The summed E-state index contributed by atoms with van der Waals surface area (Å²) in [5.41, 5.74) is 3.99. The number of carbonyl (C=O) groups excluding carboxylic acids is 1. The first kappa shape index (κ1) is 17.2. The van der Waals surface area contributed by atoms with Gasteiger partial charge in [-0.15, -0.1) is 0 Å². The van der Waals surface area contributed by atoms with Crippen LogP contribution in [0.3, 0.4) is 0 Å². The molecule has 7 heteroatoms. The Hall–Kier alpha value is -2.60. The molecule has 0 spiro atoms. The molecule has 0 unspecified atom stereocenters. The van der Waals surface area contributed by atoms with Gasteiger partial charge >= 0.3 is 0 Å². The summed E-state index contributed by atoms with van der Waals surface area (Å²) >= 11 is 6.04. The lowest BCUT2D eigenvalue weighted by atomic mass is 10.2. The number of nitrogens with zero attached hydrogens (tertiary/aromatic N) is 4. The number of amides is 1. The molecule has 0 aliphatic heterocycles. The molecule has 0 atom stereocenters. The molecule has 1 aromatic carbocycles. The number of anilines is 1. The smallest absolute Gasteiger partial charge is 0.258 e. The van der Waals surface area contributed by atoms with Crippen LogP contribution in [0.25, 0.3) is 0 Å². The van der Waals surface area contributed by atoms with Gasteiger partial charge in [-0.3, -0.25) is 14.2 Å². The molecule has 2 heterocycles. The van der Waals surface area contributed by atoms with E-state index >= 15 is 0 Å². The molecule has 6 nitrogen and oxygen atoms in total. The third kappa shape index (κ3) is 3.74. The van der Waals surface area contributed by atoms with E-state index in [9.17, 15) is 4.79 Å². The molecule has 0 saturated carbocycles. The molecule has 3 aromatic rings. The van der Waals surface area contributed by atoms with Gasteiger partial charge in [0.25, 0.3) is 5.91 Å². The Morgan fingerprint density at radius 2 is 2.12 bits per heavy atom. The van der Waals surface area contributed by atoms with Crippen LogP contribution in [0.15, 0.2) is 36.7 Å². The fraction of sp³-hybridized carbons (Fsp3) is 0.278. The lowest BCUT2D eigenvalue weighted by Crippen LogP contribution is -2.13. The number of carbonyl (C=O) groups is 1. The SMILES string of the molecule is CCn1cc(C(=O)Nc2c(C)nn(Cc3cccc(Cl)c3)c2C)cn1. The Labute approximate surface area is 151 Å². The van der Waals surface area contributed by atoms with Crippen LogP contribution in [0.5, 0.6) is 0 Å². The van der Waals surface area contributed by atoms with Crippen molar-refractivity contribution in [2.45, 2.75) is 33.9 Å². The Bertz CT molecular complexity index is 912. The minimum Gasteiger partial charge on any atom is -0.319 e. The highest BCUT2D eigenvalue weighted by Crippen LogP contribution is 2.22. The van der Waals surface area contributed by atoms with Crippen molar-refractivity contribution in [1.29, 1.82) is 0 Å². The normalized spacial score (nSPS) is 10.9. The molecule has 0 aliphatic rings. The summed E-state index contributed by atoms with van der Waals surface area (Å²) in [6.45, 7) is 7.12. The van der Waals surface area contributed by atoms with E-state index in [4.69, 9.17) is 11.6 Å². The Kier molecular flexibility index (Phi) is 4.90. The van der Waals surface area contributed by atoms with Crippen LogP contribution in [0, 0.1) is 13.8 Å². The van der Waals surface area contributed by atoms with Crippen LogP contribution in [0.1, 0.15) is 34.2 Å². The van der Waals surface area contributed by atoms with E-state index in [1.807, 2.05) is 49.7 Å². The fourth-order valence-electron chi connectivity index (χ4n) is 2.68. The average molecular weight is 358 g/mol. The molecule has 0 aliphatic carbocycles. The van der Waals surface area contributed by atoms with E-state index in [2.05, 4.69) is 15.5 Å².